The maximum Gasteiger partial charge on any atom is 0.261 e. The highest BCUT2D eigenvalue weighted by Crippen LogP contribution is 2.27. The Morgan fingerprint density at radius 3 is 2.81 bits per heavy atom. The van der Waals surface area contributed by atoms with Crippen molar-refractivity contribution in [2.45, 2.75) is 18.2 Å². The van der Waals surface area contributed by atoms with E-state index in [0.29, 0.717) is 24.1 Å². The smallest absolute Gasteiger partial charge is 0.261 e. The number of anilines is 1. The third kappa shape index (κ3) is 5.22. The molecule has 0 bridgehead atoms. The molecule has 1 N–H and O–H groups in total. The van der Waals surface area contributed by atoms with Gasteiger partial charge in [-0.1, -0.05) is 0 Å². The summed E-state index contributed by atoms with van der Waals surface area (Å²) in [5.41, 5.74) is 0.955. The standard InChI is InChI=1S/C17H20N2O5S2.H2S/c1-11-9-25-17(18-11)19-16(20)14-7-13(3-4-15(14)23-2)26(21,22)10-12-5-6-24-8-12;/h3-4,7,9,12H,5-6,8,10H2,1-2H3,(H,18,19,20);1H2/t12-;/m0./s1. The van der Waals surface area contributed by atoms with Gasteiger partial charge in [0.15, 0.2) is 15.0 Å². The second-order valence-corrected chi connectivity index (χ2v) is 9.01. The van der Waals surface area contributed by atoms with E-state index in [-0.39, 0.29) is 35.6 Å². The Labute approximate surface area is 169 Å². The van der Waals surface area contributed by atoms with Gasteiger partial charge in [-0.15, -0.1) is 11.3 Å². The molecule has 1 amide bonds. The number of nitrogens with zero attached hydrogens (tertiary/aromatic N) is 1. The fourth-order valence-corrected chi connectivity index (χ4v) is 5.09. The van der Waals surface area contributed by atoms with Crippen LogP contribution < -0.4 is 10.1 Å². The first-order chi connectivity index (χ1) is 12.4. The van der Waals surface area contributed by atoms with Gasteiger partial charge in [0, 0.05) is 12.0 Å². The first-order valence-corrected chi connectivity index (χ1v) is 10.6. The van der Waals surface area contributed by atoms with Crippen LogP contribution in [0.3, 0.4) is 0 Å². The maximum absolute atomic E-state index is 12.7. The predicted octanol–water partition coefficient (Wildman–Crippen LogP) is 2.64. The molecule has 10 heteroatoms. The Bertz CT molecular complexity index is 905. The largest absolute Gasteiger partial charge is 0.496 e. The van der Waals surface area contributed by atoms with Crippen molar-refractivity contribution in [2.75, 3.05) is 31.4 Å². The molecule has 1 aliphatic rings. The number of amides is 1. The quantitative estimate of drug-likeness (QED) is 0.757. The minimum Gasteiger partial charge on any atom is -0.496 e. The number of nitrogens with one attached hydrogen (secondary N) is 1. The van der Waals surface area contributed by atoms with Crippen LogP contribution in [0.2, 0.25) is 0 Å². The lowest BCUT2D eigenvalue weighted by atomic mass is 10.2. The van der Waals surface area contributed by atoms with Crippen molar-refractivity contribution in [2.24, 2.45) is 5.92 Å². The minimum atomic E-state index is -3.52. The average molecular weight is 431 g/mol. The zero-order valence-corrected chi connectivity index (χ0v) is 17.7. The molecule has 1 atom stereocenters. The van der Waals surface area contributed by atoms with Crippen molar-refractivity contribution in [1.29, 1.82) is 0 Å². The van der Waals surface area contributed by atoms with E-state index in [2.05, 4.69) is 10.3 Å². The lowest BCUT2D eigenvalue weighted by molar-refractivity contribution is 0.102. The Morgan fingerprint density at radius 1 is 1.44 bits per heavy atom. The Balaban J connectivity index is 0.00000261. The van der Waals surface area contributed by atoms with Gasteiger partial charge in [-0.25, -0.2) is 13.4 Å². The number of methoxy groups -OCH3 is 1. The molecule has 0 unspecified atom stereocenters. The fourth-order valence-electron chi connectivity index (χ4n) is 2.76. The molecular formula is C17H22N2O5S3. The van der Waals surface area contributed by atoms with E-state index in [9.17, 15) is 13.2 Å². The van der Waals surface area contributed by atoms with Crippen LogP contribution in [-0.4, -0.2) is 45.4 Å². The fraction of sp³-hybridized carbons (Fsp3) is 0.412. The van der Waals surface area contributed by atoms with Gasteiger partial charge in [-0.05, 0) is 37.5 Å². The van der Waals surface area contributed by atoms with Crippen molar-refractivity contribution >= 4 is 45.7 Å². The average Bonchev–Trinajstić information content (AvgIpc) is 3.25. The second kappa shape index (κ2) is 9.05. The number of ether oxygens (including phenoxy) is 2. The van der Waals surface area contributed by atoms with Gasteiger partial charge in [0.2, 0.25) is 0 Å². The highest BCUT2D eigenvalue weighted by atomic mass is 32.2. The maximum atomic E-state index is 12.7. The topological polar surface area (TPSA) is 94.6 Å². The molecule has 1 aromatic carbocycles. The van der Waals surface area contributed by atoms with Crippen molar-refractivity contribution in [3.05, 3.63) is 34.8 Å². The molecule has 0 aliphatic carbocycles. The number of aromatic nitrogens is 1. The minimum absolute atomic E-state index is 0. The van der Waals surface area contributed by atoms with Gasteiger partial charge in [0.1, 0.15) is 5.75 Å². The highest BCUT2D eigenvalue weighted by molar-refractivity contribution is 7.91. The zero-order chi connectivity index (χ0) is 18.7. The first-order valence-electron chi connectivity index (χ1n) is 8.11. The molecular weight excluding hydrogens is 408 g/mol. The molecule has 0 radical (unpaired) electrons. The Kier molecular flexibility index (Phi) is 7.26. The van der Waals surface area contributed by atoms with Crippen LogP contribution in [-0.2, 0) is 14.6 Å². The molecule has 3 rings (SSSR count). The third-order valence-electron chi connectivity index (χ3n) is 4.09. The molecule has 0 spiro atoms. The molecule has 7 nitrogen and oxygen atoms in total. The number of thiazole rings is 1. The van der Waals surface area contributed by atoms with E-state index in [1.54, 1.807) is 0 Å². The SMILES string of the molecule is COc1ccc(S(=O)(=O)C[C@H]2CCOC2)cc1C(=O)Nc1nc(C)cs1.S. The van der Waals surface area contributed by atoms with Crippen LogP contribution >= 0.6 is 24.8 Å². The normalized spacial score (nSPS) is 16.6. The Morgan fingerprint density at radius 2 is 2.22 bits per heavy atom. The van der Waals surface area contributed by atoms with Gasteiger partial charge < -0.3 is 9.47 Å². The number of benzene rings is 1. The number of sulfone groups is 1. The molecule has 2 aromatic rings. The molecule has 27 heavy (non-hydrogen) atoms. The number of aryl methyl sites for hydroxylation is 1. The van der Waals surface area contributed by atoms with E-state index in [1.165, 1.54) is 36.6 Å². The van der Waals surface area contributed by atoms with Crippen LogP contribution in [0.1, 0.15) is 22.5 Å². The summed E-state index contributed by atoms with van der Waals surface area (Å²) in [4.78, 5) is 16.9. The monoisotopic (exact) mass is 430 g/mol. The van der Waals surface area contributed by atoms with E-state index < -0.39 is 15.7 Å². The number of hydrogen-bond donors (Lipinski definition) is 1. The van der Waals surface area contributed by atoms with Gasteiger partial charge >= 0.3 is 0 Å². The van der Waals surface area contributed by atoms with Crippen LogP contribution in [0, 0.1) is 12.8 Å². The summed E-state index contributed by atoms with van der Waals surface area (Å²) in [5, 5.41) is 4.95. The first kappa shape index (κ1) is 21.7. The zero-order valence-electron chi connectivity index (χ0n) is 15.0. The summed E-state index contributed by atoms with van der Waals surface area (Å²) < 4.78 is 35.8. The summed E-state index contributed by atoms with van der Waals surface area (Å²) in [6.07, 6.45) is 0.728. The summed E-state index contributed by atoms with van der Waals surface area (Å²) in [7, 11) is -2.09. The molecule has 1 aromatic heterocycles. The third-order valence-corrected chi connectivity index (χ3v) is 6.85. The summed E-state index contributed by atoms with van der Waals surface area (Å²) in [6, 6.07) is 4.33. The molecule has 1 aliphatic heterocycles. The van der Waals surface area contributed by atoms with Crippen molar-refractivity contribution in [3.63, 3.8) is 0 Å². The van der Waals surface area contributed by atoms with Crippen LogP contribution in [0.15, 0.2) is 28.5 Å². The van der Waals surface area contributed by atoms with Crippen molar-refractivity contribution in [3.8, 4) is 5.75 Å². The summed E-state index contributed by atoms with van der Waals surface area (Å²) in [5.74, 6) is -0.166. The molecule has 148 valence electrons. The molecule has 1 saturated heterocycles. The van der Waals surface area contributed by atoms with Crippen molar-refractivity contribution < 1.29 is 22.7 Å². The number of carbonyl (C=O) groups excluding carboxylic acids is 1. The van der Waals surface area contributed by atoms with Crippen LogP contribution in [0.25, 0.3) is 0 Å². The lowest BCUT2D eigenvalue weighted by Gasteiger charge is -2.12. The molecule has 1 fully saturated rings. The van der Waals surface area contributed by atoms with Gasteiger partial charge in [-0.2, -0.15) is 13.5 Å². The number of rotatable bonds is 6. The number of carbonyl (C=O) groups is 1. The van der Waals surface area contributed by atoms with E-state index in [0.717, 1.165) is 12.1 Å². The van der Waals surface area contributed by atoms with E-state index >= 15 is 0 Å². The van der Waals surface area contributed by atoms with E-state index in [4.69, 9.17) is 9.47 Å². The van der Waals surface area contributed by atoms with Crippen LogP contribution in [0.5, 0.6) is 5.75 Å². The van der Waals surface area contributed by atoms with E-state index in [1.807, 2.05) is 12.3 Å². The Hall–Kier alpha value is -1.62. The van der Waals surface area contributed by atoms with Gasteiger partial charge in [0.05, 0.1) is 35.6 Å². The summed E-state index contributed by atoms with van der Waals surface area (Å²) in [6.45, 7) is 2.86. The lowest BCUT2D eigenvalue weighted by Crippen LogP contribution is -2.18. The molecule has 0 saturated carbocycles. The van der Waals surface area contributed by atoms with Gasteiger partial charge in [-0.3, -0.25) is 10.1 Å². The summed E-state index contributed by atoms with van der Waals surface area (Å²) >= 11 is 1.30. The predicted molar refractivity (Wildman–Crippen MR) is 109 cm³/mol. The van der Waals surface area contributed by atoms with Gasteiger partial charge in [0.25, 0.3) is 5.91 Å². The highest BCUT2D eigenvalue weighted by Gasteiger charge is 2.26. The number of hydrogen-bond acceptors (Lipinski definition) is 7. The van der Waals surface area contributed by atoms with Crippen LogP contribution in [0.4, 0.5) is 5.13 Å². The van der Waals surface area contributed by atoms with Crippen molar-refractivity contribution in [1.82, 2.24) is 4.98 Å². The second-order valence-electron chi connectivity index (χ2n) is 6.12. The molecule has 2 heterocycles.